The van der Waals surface area contributed by atoms with Crippen LogP contribution in [0.15, 0.2) is 0 Å². The van der Waals surface area contributed by atoms with Crippen molar-refractivity contribution in [2.75, 3.05) is 0 Å². The molecule has 0 aromatic carbocycles. The van der Waals surface area contributed by atoms with Gasteiger partial charge in [0.1, 0.15) is 0 Å². The van der Waals surface area contributed by atoms with E-state index in [1.807, 2.05) is 13.8 Å². The molecule has 0 radical (unpaired) electrons. The van der Waals surface area contributed by atoms with Gasteiger partial charge in [-0.05, 0) is 19.3 Å². The molecular weight excluding hydrogens is 175 g/mol. The molecule has 3 nitrogen and oxygen atoms in total. The van der Waals surface area contributed by atoms with E-state index < -0.39 is 15.4 Å². The maximum absolute atomic E-state index is 10.3. The molecule has 0 bridgehead atoms. The van der Waals surface area contributed by atoms with Gasteiger partial charge in [0.15, 0.2) is 0 Å². The summed E-state index contributed by atoms with van der Waals surface area (Å²) in [6.07, 6.45) is 0.450. The van der Waals surface area contributed by atoms with Crippen LogP contribution >= 0.6 is 0 Å². The van der Waals surface area contributed by atoms with E-state index in [1.165, 1.54) is 6.92 Å². The van der Waals surface area contributed by atoms with Crippen molar-refractivity contribution in [3.05, 3.63) is 0 Å². The Kier molecular flexibility index (Phi) is 7.27. The van der Waals surface area contributed by atoms with Crippen LogP contribution in [0.4, 0.5) is 0 Å². The van der Waals surface area contributed by atoms with Gasteiger partial charge in [0, 0.05) is 5.25 Å². The zero-order chi connectivity index (χ0) is 8.36. The second-order valence-electron chi connectivity index (χ2n) is 2.93. The van der Waals surface area contributed by atoms with E-state index in [9.17, 15) is 13.0 Å². The Hall–Kier alpha value is 0.910. The van der Waals surface area contributed by atoms with Crippen LogP contribution in [-0.4, -0.2) is 18.2 Å². The minimum atomic E-state index is -4.05. The van der Waals surface area contributed by atoms with Crippen LogP contribution < -0.4 is 29.6 Å². The summed E-state index contributed by atoms with van der Waals surface area (Å²) >= 11 is 0. The molecule has 1 atom stereocenters. The molecule has 5 heteroatoms. The SMILES string of the molecule is CC(C)CC(C)S(=O)(=O)[O-].[Na+]. The van der Waals surface area contributed by atoms with Crippen molar-refractivity contribution in [2.45, 2.75) is 32.4 Å². The Balaban J connectivity index is 0. The standard InChI is InChI=1S/C6H14O3S.Na/c1-5(2)4-6(3)10(7,8)9;/h5-6H,4H2,1-3H3,(H,7,8,9);/q;+1/p-1. The van der Waals surface area contributed by atoms with Crippen LogP contribution in [0.25, 0.3) is 0 Å². The fraction of sp³-hybridized carbons (Fsp3) is 1.00. The Morgan fingerprint density at radius 3 is 1.73 bits per heavy atom. The van der Waals surface area contributed by atoms with E-state index in [2.05, 4.69) is 0 Å². The summed E-state index contributed by atoms with van der Waals surface area (Å²) in [5, 5.41) is -0.743. The second-order valence-corrected chi connectivity index (χ2v) is 4.72. The topological polar surface area (TPSA) is 57.2 Å². The Morgan fingerprint density at radius 1 is 1.27 bits per heavy atom. The van der Waals surface area contributed by atoms with Crippen molar-refractivity contribution in [3.63, 3.8) is 0 Å². The summed E-state index contributed by atoms with van der Waals surface area (Å²) in [5.74, 6) is 0.263. The van der Waals surface area contributed by atoms with Gasteiger partial charge in [0.2, 0.25) is 0 Å². The molecule has 0 saturated carbocycles. The fourth-order valence-electron chi connectivity index (χ4n) is 0.782. The molecular formula is C6H13NaO3S. The smallest absolute Gasteiger partial charge is 0.748 e. The largest absolute Gasteiger partial charge is 1.00 e. The normalized spacial score (nSPS) is 14.3. The summed E-state index contributed by atoms with van der Waals surface area (Å²) < 4.78 is 30.9. The first-order valence-electron chi connectivity index (χ1n) is 3.28. The third kappa shape index (κ3) is 7.28. The zero-order valence-electron chi connectivity index (χ0n) is 7.49. The third-order valence-corrected chi connectivity index (χ3v) is 2.47. The number of hydrogen-bond donors (Lipinski definition) is 0. The Morgan fingerprint density at radius 2 is 1.64 bits per heavy atom. The van der Waals surface area contributed by atoms with Crippen molar-refractivity contribution >= 4 is 10.1 Å². The maximum Gasteiger partial charge on any atom is 1.00 e. The molecule has 0 heterocycles. The van der Waals surface area contributed by atoms with Crippen molar-refractivity contribution in [3.8, 4) is 0 Å². The van der Waals surface area contributed by atoms with Crippen LogP contribution in [0.3, 0.4) is 0 Å². The average molecular weight is 188 g/mol. The summed E-state index contributed by atoms with van der Waals surface area (Å²) in [7, 11) is -4.05. The molecule has 0 spiro atoms. The molecule has 0 aromatic heterocycles. The molecule has 62 valence electrons. The van der Waals surface area contributed by atoms with Crippen molar-refractivity contribution < 1.29 is 42.5 Å². The van der Waals surface area contributed by atoms with Crippen LogP contribution in [0.5, 0.6) is 0 Å². The average Bonchev–Trinajstić information content (AvgIpc) is 1.60. The molecule has 11 heavy (non-hydrogen) atoms. The first-order valence-corrected chi connectivity index (χ1v) is 4.76. The van der Waals surface area contributed by atoms with Gasteiger partial charge < -0.3 is 4.55 Å². The summed E-state index contributed by atoms with van der Waals surface area (Å²) in [6.45, 7) is 5.23. The maximum atomic E-state index is 10.3. The number of hydrogen-bond acceptors (Lipinski definition) is 3. The van der Waals surface area contributed by atoms with Crippen LogP contribution in [-0.2, 0) is 10.1 Å². The second kappa shape index (κ2) is 5.54. The molecule has 1 unspecified atom stereocenters. The molecule has 0 aliphatic heterocycles. The summed E-state index contributed by atoms with van der Waals surface area (Å²) in [5.41, 5.74) is 0. The van der Waals surface area contributed by atoms with Gasteiger partial charge in [0.05, 0.1) is 10.1 Å². The summed E-state index contributed by atoms with van der Waals surface area (Å²) in [4.78, 5) is 0. The molecule has 0 N–H and O–H groups in total. The molecule has 0 aromatic rings. The molecule has 0 fully saturated rings. The van der Waals surface area contributed by atoms with E-state index in [4.69, 9.17) is 0 Å². The third-order valence-electron chi connectivity index (χ3n) is 1.30. The van der Waals surface area contributed by atoms with Gasteiger partial charge in [-0.15, -0.1) is 0 Å². The quantitative estimate of drug-likeness (QED) is 0.379. The Labute approximate surface area is 90.6 Å². The molecule has 0 amide bonds. The van der Waals surface area contributed by atoms with Gasteiger partial charge in [0.25, 0.3) is 0 Å². The first kappa shape index (κ1) is 14.4. The predicted molar refractivity (Wildman–Crippen MR) is 38.6 cm³/mol. The Bertz CT molecular complexity index is 186. The van der Waals surface area contributed by atoms with Crippen molar-refractivity contribution in [1.82, 2.24) is 0 Å². The molecule has 0 saturated heterocycles. The monoisotopic (exact) mass is 188 g/mol. The van der Waals surface area contributed by atoms with Gasteiger partial charge in [-0.1, -0.05) is 13.8 Å². The van der Waals surface area contributed by atoms with Crippen LogP contribution in [0, 0.1) is 5.92 Å². The minimum Gasteiger partial charge on any atom is -0.748 e. The van der Waals surface area contributed by atoms with E-state index in [0.29, 0.717) is 6.42 Å². The molecule has 0 aliphatic rings. The summed E-state index contributed by atoms with van der Waals surface area (Å²) in [6, 6.07) is 0. The van der Waals surface area contributed by atoms with Crippen molar-refractivity contribution in [1.29, 1.82) is 0 Å². The minimum absolute atomic E-state index is 0. The van der Waals surface area contributed by atoms with E-state index in [1.54, 1.807) is 0 Å². The molecule has 0 rings (SSSR count). The van der Waals surface area contributed by atoms with Gasteiger partial charge in [-0.2, -0.15) is 0 Å². The van der Waals surface area contributed by atoms with Gasteiger partial charge in [-0.25, -0.2) is 8.42 Å². The first-order chi connectivity index (χ1) is 4.34. The fourth-order valence-corrected chi connectivity index (χ4v) is 1.40. The van der Waals surface area contributed by atoms with Gasteiger partial charge >= 0.3 is 29.6 Å². The zero-order valence-corrected chi connectivity index (χ0v) is 10.3. The van der Waals surface area contributed by atoms with E-state index >= 15 is 0 Å². The van der Waals surface area contributed by atoms with Crippen LogP contribution in [0.1, 0.15) is 27.2 Å². The number of rotatable bonds is 3. The van der Waals surface area contributed by atoms with E-state index in [0.717, 1.165) is 0 Å². The van der Waals surface area contributed by atoms with E-state index in [-0.39, 0.29) is 35.5 Å². The van der Waals surface area contributed by atoms with Crippen molar-refractivity contribution in [2.24, 2.45) is 5.92 Å². The predicted octanol–water partition coefficient (Wildman–Crippen LogP) is -2.03. The van der Waals surface area contributed by atoms with Gasteiger partial charge in [-0.3, -0.25) is 0 Å². The molecule has 0 aliphatic carbocycles. The van der Waals surface area contributed by atoms with Crippen LogP contribution in [0.2, 0.25) is 0 Å².